The van der Waals surface area contributed by atoms with Crippen LogP contribution in [0.4, 0.5) is 0 Å². The maximum Gasteiger partial charge on any atom is 0.329 e. The molecule has 0 bridgehead atoms. The van der Waals surface area contributed by atoms with Crippen LogP contribution in [0.2, 0.25) is 10.0 Å². The molecule has 0 aromatic heterocycles. The summed E-state index contributed by atoms with van der Waals surface area (Å²) in [5, 5.41) is 3.11. The van der Waals surface area contributed by atoms with Crippen molar-refractivity contribution in [2.45, 2.75) is 12.5 Å². The van der Waals surface area contributed by atoms with E-state index in [1.807, 2.05) is 6.26 Å². The van der Waals surface area contributed by atoms with Crippen molar-refractivity contribution in [1.82, 2.24) is 5.32 Å². The minimum Gasteiger partial charge on any atom is -0.454 e. The average Bonchev–Trinajstić information content (AvgIpc) is 2.48. The molecule has 1 atom stereocenters. The summed E-state index contributed by atoms with van der Waals surface area (Å²) in [4.78, 5) is 34.9. The summed E-state index contributed by atoms with van der Waals surface area (Å²) in [5.74, 6) is -1.41. The predicted octanol–water partition coefficient (Wildman–Crippen LogP) is 1.87. The Morgan fingerprint density at radius 3 is 2.61 bits per heavy atom. The van der Waals surface area contributed by atoms with E-state index in [-0.39, 0.29) is 10.6 Å². The van der Waals surface area contributed by atoms with Gasteiger partial charge in [0.15, 0.2) is 6.61 Å². The Morgan fingerprint density at radius 1 is 1.35 bits per heavy atom. The van der Waals surface area contributed by atoms with Gasteiger partial charge in [0, 0.05) is 5.02 Å². The van der Waals surface area contributed by atoms with E-state index < -0.39 is 30.4 Å². The second kappa shape index (κ2) is 9.64. The van der Waals surface area contributed by atoms with E-state index in [2.05, 4.69) is 5.32 Å². The van der Waals surface area contributed by atoms with Gasteiger partial charge in [-0.15, -0.1) is 0 Å². The normalized spacial score (nSPS) is 11.6. The topological polar surface area (TPSA) is 98.5 Å². The highest BCUT2D eigenvalue weighted by Crippen LogP contribution is 2.21. The Morgan fingerprint density at radius 2 is 2.04 bits per heavy atom. The molecule has 0 radical (unpaired) electrons. The minimum absolute atomic E-state index is 0.170. The van der Waals surface area contributed by atoms with E-state index in [0.29, 0.717) is 17.2 Å². The van der Waals surface area contributed by atoms with Crippen molar-refractivity contribution in [2.24, 2.45) is 5.73 Å². The third kappa shape index (κ3) is 6.68. The summed E-state index contributed by atoms with van der Waals surface area (Å²) in [6, 6.07) is 3.51. The molecule has 0 aliphatic carbocycles. The maximum absolute atomic E-state index is 12.2. The molecule has 0 saturated heterocycles. The fourth-order valence-corrected chi connectivity index (χ4v) is 2.60. The molecule has 0 spiro atoms. The van der Waals surface area contributed by atoms with E-state index in [1.165, 1.54) is 30.0 Å². The van der Waals surface area contributed by atoms with Gasteiger partial charge in [-0.1, -0.05) is 23.2 Å². The molecule has 0 heterocycles. The number of hydrogen-bond acceptors (Lipinski definition) is 5. The minimum atomic E-state index is -0.902. The zero-order valence-electron chi connectivity index (χ0n) is 12.3. The summed E-state index contributed by atoms with van der Waals surface area (Å²) < 4.78 is 4.76. The number of carbonyl (C=O) groups excluding carboxylic acids is 3. The van der Waals surface area contributed by atoms with Gasteiger partial charge >= 0.3 is 5.97 Å². The fourth-order valence-electron chi connectivity index (χ4n) is 1.64. The largest absolute Gasteiger partial charge is 0.454 e. The highest BCUT2D eigenvalue weighted by molar-refractivity contribution is 7.98. The lowest BCUT2D eigenvalue weighted by molar-refractivity contribution is -0.149. The van der Waals surface area contributed by atoms with Gasteiger partial charge < -0.3 is 15.8 Å². The van der Waals surface area contributed by atoms with E-state index in [4.69, 9.17) is 33.7 Å². The molecule has 23 heavy (non-hydrogen) atoms. The third-order valence-electron chi connectivity index (χ3n) is 2.73. The van der Waals surface area contributed by atoms with Gasteiger partial charge in [-0.3, -0.25) is 9.59 Å². The number of benzene rings is 1. The van der Waals surface area contributed by atoms with Crippen molar-refractivity contribution in [2.75, 3.05) is 18.6 Å². The molecule has 2 amide bonds. The van der Waals surface area contributed by atoms with Crippen molar-refractivity contribution < 1.29 is 19.1 Å². The zero-order valence-corrected chi connectivity index (χ0v) is 14.6. The van der Waals surface area contributed by atoms with Gasteiger partial charge in [0.25, 0.3) is 11.8 Å². The summed E-state index contributed by atoms with van der Waals surface area (Å²) in [6.45, 7) is -0.536. The Balaban J connectivity index is 2.80. The second-order valence-corrected chi connectivity index (χ2v) is 6.33. The molecule has 126 valence electrons. The number of thioether (sulfide) groups is 1. The van der Waals surface area contributed by atoms with Crippen LogP contribution in [-0.2, 0) is 14.3 Å². The molecule has 1 aromatic carbocycles. The number of nitrogens with two attached hydrogens (primary N) is 1. The number of ether oxygens (including phenoxy) is 1. The first-order valence-electron chi connectivity index (χ1n) is 6.55. The van der Waals surface area contributed by atoms with Crippen LogP contribution in [0.15, 0.2) is 18.2 Å². The number of hydrogen-bond donors (Lipinski definition) is 2. The van der Waals surface area contributed by atoms with Crippen molar-refractivity contribution >= 4 is 52.7 Å². The van der Waals surface area contributed by atoms with Crippen molar-refractivity contribution in [3.05, 3.63) is 33.8 Å². The Labute approximate surface area is 148 Å². The highest BCUT2D eigenvalue weighted by atomic mass is 35.5. The smallest absolute Gasteiger partial charge is 0.329 e. The first-order chi connectivity index (χ1) is 10.8. The molecule has 0 aliphatic rings. The molecule has 0 unspecified atom stereocenters. The SMILES string of the molecule is CSCC[C@H](NC(=O)c1ccc(Cl)cc1Cl)C(=O)OCC(N)=O. The number of nitrogens with one attached hydrogen (secondary N) is 1. The van der Waals surface area contributed by atoms with Crippen molar-refractivity contribution in [3.63, 3.8) is 0 Å². The molecular weight excluding hydrogens is 363 g/mol. The second-order valence-electron chi connectivity index (χ2n) is 4.51. The van der Waals surface area contributed by atoms with Crippen LogP contribution >= 0.6 is 35.0 Å². The number of halogens is 2. The number of primary amides is 1. The third-order valence-corrected chi connectivity index (χ3v) is 3.92. The van der Waals surface area contributed by atoms with Gasteiger partial charge in [-0.25, -0.2) is 4.79 Å². The molecule has 1 aromatic rings. The lowest BCUT2D eigenvalue weighted by Crippen LogP contribution is -2.43. The van der Waals surface area contributed by atoms with Gasteiger partial charge in [0.1, 0.15) is 6.04 Å². The molecule has 0 saturated carbocycles. The monoisotopic (exact) mass is 378 g/mol. The zero-order chi connectivity index (χ0) is 17.4. The maximum atomic E-state index is 12.2. The summed E-state index contributed by atoms with van der Waals surface area (Å²) in [5.41, 5.74) is 5.12. The number of rotatable bonds is 8. The first kappa shape index (κ1) is 19.6. The van der Waals surface area contributed by atoms with Gasteiger partial charge in [-0.05, 0) is 36.6 Å². The first-order valence-corrected chi connectivity index (χ1v) is 8.70. The van der Waals surface area contributed by atoms with Crippen LogP contribution in [0, 0.1) is 0 Å². The van der Waals surface area contributed by atoms with Crippen LogP contribution < -0.4 is 11.1 Å². The van der Waals surface area contributed by atoms with Crippen LogP contribution in [0.1, 0.15) is 16.8 Å². The Kier molecular flexibility index (Phi) is 8.22. The fraction of sp³-hybridized carbons (Fsp3) is 0.357. The molecule has 0 aliphatic heterocycles. The van der Waals surface area contributed by atoms with E-state index in [9.17, 15) is 14.4 Å². The van der Waals surface area contributed by atoms with Crippen LogP contribution in [-0.4, -0.2) is 42.4 Å². The van der Waals surface area contributed by atoms with Crippen LogP contribution in [0.3, 0.4) is 0 Å². The van der Waals surface area contributed by atoms with Crippen molar-refractivity contribution in [3.8, 4) is 0 Å². The Hall–Kier alpha value is -1.44. The van der Waals surface area contributed by atoms with Crippen molar-refractivity contribution in [1.29, 1.82) is 0 Å². The number of carbonyl (C=O) groups is 3. The molecule has 9 heteroatoms. The van der Waals surface area contributed by atoms with Crippen LogP contribution in [0.5, 0.6) is 0 Å². The number of amides is 2. The van der Waals surface area contributed by atoms with Gasteiger partial charge in [0.2, 0.25) is 0 Å². The van der Waals surface area contributed by atoms with E-state index in [1.54, 1.807) is 0 Å². The molecule has 3 N–H and O–H groups in total. The molecule has 1 rings (SSSR count). The van der Waals surface area contributed by atoms with Gasteiger partial charge in [-0.2, -0.15) is 11.8 Å². The summed E-state index contributed by atoms with van der Waals surface area (Å²) in [6.07, 6.45) is 2.21. The quantitative estimate of drug-likeness (QED) is 0.672. The Bertz CT molecular complexity index is 598. The lowest BCUT2D eigenvalue weighted by Gasteiger charge is -2.17. The van der Waals surface area contributed by atoms with Crippen LogP contribution in [0.25, 0.3) is 0 Å². The van der Waals surface area contributed by atoms with E-state index in [0.717, 1.165) is 0 Å². The van der Waals surface area contributed by atoms with Gasteiger partial charge in [0.05, 0.1) is 10.6 Å². The lowest BCUT2D eigenvalue weighted by atomic mass is 10.1. The standard InChI is InChI=1S/C14H16Cl2N2O4S/c1-23-5-4-11(14(21)22-7-12(17)19)18-13(20)9-3-2-8(15)6-10(9)16/h2-3,6,11H,4-5,7H2,1H3,(H2,17,19)(H,18,20)/t11-/m0/s1. The summed E-state index contributed by atoms with van der Waals surface area (Å²) in [7, 11) is 0. The molecular formula is C14H16Cl2N2O4S. The summed E-state index contributed by atoms with van der Waals surface area (Å²) >= 11 is 13.3. The average molecular weight is 379 g/mol. The molecule has 0 fully saturated rings. The highest BCUT2D eigenvalue weighted by Gasteiger charge is 2.24. The predicted molar refractivity (Wildman–Crippen MR) is 90.9 cm³/mol. The van der Waals surface area contributed by atoms with E-state index >= 15 is 0 Å². The molecule has 6 nitrogen and oxygen atoms in total. The number of esters is 1.